The van der Waals surface area contributed by atoms with Crippen LogP contribution in [0.25, 0.3) is 0 Å². The van der Waals surface area contributed by atoms with Gasteiger partial charge in [-0.1, -0.05) is 0 Å². The molecule has 1 atom stereocenters. The van der Waals surface area contributed by atoms with Crippen molar-refractivity contribution < 1.29 is 24.5 Å². The quantitative estimate of drug-likeness (QED) is 0.660. The van der Waals surface area contributed by atoms with E-state index in [1.165, 1.54) is 0 Å². The lowest BCUT2D eigenvalue weighted by Crippen LogP contribution is -2.58. The number of carboxylic acids is 1. The van der Waals surface area contributed by atoms with Crippen LogP contribution in [0.5, 0.6) is 0 Å². The lowest BCUT2D eigenvalue weighted by atomic mass is 9.96. The summed E-state index contributed by atoms with van der Waals surface area (Å²) in [5.74, 6) is -0.941. The molecule has 2 rings (SSSR count). The first kappa shape index (κ1) is 16.0. The highest BCUT2D eigenvalue weighted by atomic mass is 16.5. The molecule has 7 heteroatoms. The molecule has 1 saturated carbocycles. The van der Waals surface area contributed by atoms with E-state index in [9.17, 15) is 14.7 Å². The molecule has 2 aliphatic rings. The number of aliphatic carboxylic acids is 1. The lowest BCUT2D eigenvalue weighted by molar-refractivity contribution is -0.144. The fourth-order valence-corrected chi connectivity index (χ4v) is 2.74. The number of aliphatic hydroxyl groups excluding tert-OH is 1. The predicted molar refractivity (Wildman–Crippen MR) is 74.9 cm³/mol. The van der Waals surface area contributed by atoms with Crippen LogP contribution in [0.15, 0.2) is 0 Å². The molecule has 1 heterocycles. The van der Waals surface area contributed by atoms with Crippen molar-refractivity contribution in [3.63, 3.8) is 0 Å². The number of nitrogens with zero attached hydrogens (tertiary/aromatic N) is 1. The van der Waals surface area contributed by atoms with Crippen LogP contribution in [0.4, 0.5) is 4.79 Å². The summed E-state index contributed by atoms with van der Waals surface area (Å²) in [4.78, 5) is 25.3. The number of rotatable bonds is 6. The zero-order chi connectivity index (χ0) is 15.5. The fraction of sp³-hybridized carbons (Fsp3) is 0.857. The molecule has 0 bridgehead atoms. The van der Waals surface area contributed by atoms with Gasteiger partial charge in [-0.2, -0.15) is 0 Å². The number of ether oxygens (including phenoxy) is 1. The number of nitrogens with one attached hydrogen (secondary N) is 1. The standard InChI is InChI=1S/C14H24N2O5/c1-14(12(18)19,10-2-3-10)15-13(20)16-6-4-11(5-7-16)21-9-8-17/h10-11,17H,2-9H2,1H3,(H,15,20)(H,18,19). The molecule has 3 N–H and O–H groups in total. The van der Waals surface area contributed by atoms with Crippen molar-refractivity contribution in [2.45, 2.75) is 44.2 Å². The first-order valence-electron chi connectivity index (χ1n) is 7.50. The molecule has 0 spiro atoms. The second kappa shape index (κ2) is 6.62. The summed E-state index contributed by atoms with van der Waals surface area (Å²) >= 11 is 0. The Morgan fingerprint density at radius 1 is 1.29 bits per heavy atom. The molecule has 0 aromatic heterocycles. The number of aliphatic hydroxyl groups is 1. The van der Waals surface area contributed by atoms with Crippen LogP contribution in [0, 0.1) is 5.92 Å². The van der Waals surface area contributed by atoms with Crippen LogP contribution < -0.4 is 5.32 Å². The number of urea groups is 1. The molecule has 0 aromatic carbocycles. The van der Waals surface area contributed by atoms with Gasteiger partial charge in [-0.05, 0) is 38.5 Å². The minimum Gasteiger partial charge on any atom is -0.480 e. The topological polar surface area (TPSA) is 99.1 Å². The molecular formula is C14H24N2O5. The number of hydrogen-bond donors (Lipinski definition) is 3. The van der Waals surface area contributed by atoms with Gasteiger partial charge in [-0.15, -0.1) is 0 Å². The van der Waals surface area contributed by atoms with E-state index in [4.69, 9.17) is 9.84 Å². The van der Waals surface area contributed by atoms with Crippen molar-refractivity contribution in [3.05, 3.63) is 0 Å². The van der Waals surface area contributed by atoms with Crippen LogP contribution in [0.3, 0.4) is 0 Å². The van der Waals surface area contributed by atoms with Gasteiger partial charge in [0, 0.05) is 13.1 Å². The fourth-order valence-electron chi connectivity index (χ4n) is 2.74. The minimum absolute atomic E-state index is 0.000937. The number of amides is 2. The third-order valence-corrected chi connectivity index (χ3v) is 4.38. The first-order valence-corrected chi connectivity index (χ1v) is 7.50. The van der Waals surface area contributed by atoms with Crippen molar-refractivity contribution in [1.82, 2.24) is 10.2 Å². The van der Waals surface area contributed by atoms with Gasteiger partial charge in [0.15, 0.2) is 0 Å². The molecule has 2 amide bonds. The Balaban J connectivity index is 1.83. The van der Waals surface area contributed by atoms with E-state index in [2.05, 4.69) is 5.32 Å². The van der Waals surface area contributed by atoms with E-state index in [1.807, 2.05) is 0 Å². The largest absolute Gasteiger partial charge is 0.480 e. The molecule has 1 aliphatic heterocycles. The van der Waals surface area contributed by atoms with E-state index < -0.39 is 11.5 Å². The van der Waals surface area contributed by atoms with Crippen molar-refractivity contribution in [2.75, 3.05) is 26.3 Å². The SMILES string of the molecule is CC(NC(=O)N1CCC(OCCO)CC1)(C(=O)O)C1CC1. The Labute approximate surface area is 124 Å². The van der Waals surface area contributed by atoms with Crippen LogP contribution in [-0.2, 0) is 9.53 Å². The first-order chi connectivity index (χ1) is 9.97. The van der Waals surface area contributed by atoms with E-state index in [1.54, 1.807) is 11.8 Å². The molecular weight excluding hydrogens is 276 g/mol. The highest BCUT2D eigenvalue weighted by Gasteiger charge is 2.49. The summed E-state index contributed by atoms with van der Waals surface area (Å²) in [5, 5.41) is 20.8. The molecule has 21 heavy (non-hydrogen) atoms. The maximum absolute atomic E-state index is 12.2. The van der Waals surface area contributed by atoms with Crippen molar-refractivity contribution in [1.29, 1.82) is 0 Å². The second-order valence-electron chi connectivity index (χ2n) is 5.99. The zero-order valence-electron chi connectivity index (χ0n) is 12.4. The molecule has 2 fully saturated rings. The van der Waals surface area contributed by atoms with Gasteiger partial charge < -0.3 is 25.2 Å². The maximum atomic E-state index is 12.2. The predicted octanol–water partition coefficient (Wildman–Crippen LogP) is 0.423. The number of likely N-dealkylation sites (tertiary alicyclic amines) is 1. The van der Waals surface area contributed by atoms with Gasteiger partial charge >= 0.3 is 12.0 Å². The summed E-state index contributed by atoms with van der Waals surface area (Å²) < 4.78 is 5.45. The van der Waals surface area contributed by atoms with Gasteiger partial charge in [0.25, 0.3) is 0 Å². The van der Waals surface area contributed by atoms with Gasteiger partial charge in [0.05, 0.1) is 19.3 Å². The lowest BCUT2D eigenvalue weighted by Gasteiger charge is -2.35. The number of carboxylic acid groups (broad SMARTS) is 1. The third-order valence-electron chi connectivity index (χ3n) is 4.38. The molecule has 1 unspecified atom stereocenters. The summed E-state index contributed by atoms with van der Waals surface area (Å²) in [5.41, 5.74) is -1.17. The van der Waals surface area contributed by atoms with Crippen molar-refractivity contribution >= 4 is 12.0 Å². The Bertz CT molecular complexity index is 391. The Morgan fingerprint density at radius 2 is 1.90 bits per heavy atom. The van der Waals surface area contributed by atoms with Crippen LogP contribution >= 0.6 is 0 Å². The minimum atomic E-state index is -1.17. The summed E-state index contributed by atoms with van der Waals surface area (Å²) in [6, 6.07) is -0.313. The number of hydrogen-bond acceptors (Lipinski definition) is 4. The van der Waals surface area contributed by atoms with Crippen LogP contribution in [0.1, 0.15) is 32.6 Å². The second-order valence-corrected chi connectivity index (χ2v) is 5.99. The molecule has 120 valence electrons. The van der Waals surface area contributed by atoms with E-state index in [0.717, 1.165) is 12.8 Å². The number of piperidine rings is 1. The van der Waals surface area contributed by atoms with Crippen molar-refractivity contribution in [2.24, 2.45) is 5.92 Å². The Morgan fingerprint density at radius 3 is 2.38 bits per heavy atom. The zero-order valence-corrected chi connectivity index (χ0v) is 12.4. The number of carbonyl (C=O) groups is 2. The average molecular weight is 300 g/mol. The van der Waals surface area contributed by atoms with Crippen LogP contribution in [0.2, 0.25) is 0 Å². The van der Waals surface area contributed by atoms with Gasteiger partial charge in [-0.25, -0.2) is 9.59 Å². The van der Waals surface area contributed by atoms with Gasteiger partial charge in [-0.3, -0.25) is 0 Å². The summed E-state index contributed by atoms with van der Waals surface area (Å²) in [7, 11) is 0. The highest BCUT2D eigenvalue weighted by Crippen LogP contribution is 2.39. The number of carbonyl (C=O) groups excluding carboxylic acids is 1. The molecule has 1 saturated heterocycles. The highest BCUT2D eigenvalue weighted by molar-refractivity contribution is 5.86. The third kappa shape index (κ3) is 3.85. The normalized spacial score (nSPS) is 22.7. The van der Waals surface area contributed by atoms with E-state index in [0.29, 0.717) is 32.5 Å². The average Bonchev–Trinajstić information content (AvgIpc) is 3.30. The van der Waals surface area contributed by atoms with Crippen molar-refractivity contribution in [3.8, 4) is 0 Å². The van der Waals surface area contributed by atoms with E-state index in [-0.39, 0.29) is 24.7 Å². The summed E-state index contributed by atoms with van der Waals surface area (Å²) in [6.45, 7) is 2.99. The van der Waals surface area contributed by atoms with Crippen LogP contribution in [-0.4, -0.2) is 65.1 Å². The Kier molecular flexibility index (Phi) is 5.05. The monoisotopic (exact) mass is 300 g/mol. The van der Waals surface area contributed by atoms with Gasteiger partial charge in [0.1, 0.15) is 5.54 Å². The Hall–Kier alpha value is -1.34. The summed E-state index contributed by atoms with van der Waals surface area (Å²) in [6.07, 6.45) is 3.18. The van der Waals surface area contributed by atoms with E-state index >= 15 is 0 Å². The van der Waals surface area contributed by atoms with Gasteiger partial charge in [0.2, 0.25) is 0 Å². The molecule has 1 aliphatic carbocycles. The molecule has 7 nitrogen and oxygen atoms in total. The molecule has 0 radical (unpaired) electrons. The smallest absolute Gasteiger partial charge is 0.329 e. The molecule has 0 aromatic rings. The maximum Gasteiger partial charge on any atom is 0.329 e.